The Morgan fingerprint density at radius 2 is 1.64 bits per heavy atom. The van der Waals surface area contributed by atoms with Crippen molar-refractivity contribution < 1.29 is 4.39 Å². The summed E-state index contributed by atoms with van der Waals surface area (Å²) < 4.78 is 18.2. The number of hydrogen-bond acceptors (Lipinski definition) is 7. The molecule has 10 heteroatoms. The van der Waals surface area contributed by atoms with Gasteiger partial charge in [0.05, 0.1) is 16.4 Å². The average molecular weight is 568 g/mol. The van der Waals surface area contributed by atoms with Crippen molar-refractivity contribution in [1.29, 1.82) is 0 Å². The lowest BCUT2D eigenvalue weighted by Gasteiger charge is -2.41. The quantitative estimate of drug-likeness (QED) is 0.290. The van der Waals surface area contributed by atoms with Crippen LogP contribution in [0.5, 0.6) is 0 Å². The molecule has 2 aromatic carbocycles. The Bertz CT molecular complexity index is 1740. The van der Waals surface area contributed by atoms with Gasteiger partial charge >= 0.3 is 0 Å². The van der Waals surface area contributed by atoms with E-state index in [2.05, 4.69) is 50.0 Å². The number of halogens is 1. The number of aromatic nitrogens is 5. The van der Waals surface area contributed by atoms with Crippen LogP contribution in [-0.2, 0) is 7.05 Å². The van der Waals surface area contributed by atoms with E-state index in [1.54, 1.807) is 6.33 Å². The predicted molar refractivity (Wildman–Crippen MR) is 166 cm³/mol. The molecule has 5 aromatic rings. The number of nitrogens with one attached hydrogen (secondary N) is 1. The number of imidazole rings is 1. The number of nitrogen functional groups attached to an aromatic ring is 1. The molecule has 1 saturated carbocycles. The molecule has 0 bridgehead atoms. The standard InChI is InChI=1S/C32H38FN9/c1-20-16-22(33)17-27-29(20)38-32(40(27)3)37-23-6-4-21(5-7-23)26-18-42(31-28(26)30(34)35-19-36-31)25-10-8-24(9-11-25)41-14-12-39(2)13-15-41/h4-7,16-19,24-25H,8-15H2,1-3H3,(H,37,38)(H2,34,35,36)/t24-,25-. The third-order valence-corrected chi connectivity index (χ3v) is 9.35. The highest BCUT2D eigenvalue weighted by molar-refractivity contribution is 6.00. The van der Waals surface area contributed by atoms with Crippen LogP contribution in [0.4, 0.5) is 21.8 Å². The summed E-state index contributed by atoms with van der Waals surface area (Å²) in [5.74, 6) is 0.904. The third-order valence-electron chi connectivity index (χ3n) is 9.35. The molecule has 1 aliphatic carbocycles. The van der Waals surface area contributed by atoms with Gasteiger partial charge < -0.3 is 25.1 Å². The number of rotatable bonds is 5. The lowest BCUT2D eigenvalue weighted by Crippen LogP contribution is -2.49. The molecular weight excluding hydrogens is 529 g/mol. The molecule has 0 atom stereocenters. The molecule has 1 aliphatic heterocycles. The molecule has 218 valence electrons. The number of fused-ring (bicyclic) bond motifs is 2. The minimum absolute atomic E-state index is 0.260. The van der Waals surface area contributed by atoms with Crippen molar-refractivity contribution in [2.45, 2.75) is 44.7 Å². The van der Waals surface area contributed by atoms with Crippen molar-refractivity contribution in [3.05, 3.63) is 60.3 Å². The van der Waals surface area contributed by atoms with Gasteiger partial charge in [0.2, 0.25) is 5.95 Å². The summed E-state index contributed by atoms with van der Waals surface area (Å²) >= 11 is 0. The van der Waals surface area contributed by atoms with Gasteiger partial charge in [-0.15, -0.1) is 0 Å². The summed E-state index contributed by atoms with van der Waals surface area (Å²) in [7, 11) is 4.11. The summed E-state index contributed by atoms with van der Waals surface area (Å²) in [5.41, 5.74) is 12.7. The Kier molecular flexibility index (Phi) is 6.82. The maximum atomic E-state index is 14.0. The highest BCUT2D eigenvalue weighted by atomic mass is 19.1. The smallest absolute Gasteiger partial charge is 0.208 e. The molecule has 0 amide bonds. The summed E-state index contributed by atoms with van der Waals surface area (Å²) in [5, 5.41) is 4.30. The lowest BCUT2D eigenvalue weighted by molar-refractivity contribution is 0.0828. The van der Waals surface area contributed by atoms with Crippen LogP contribution in [0.3, 0.4) is 0 Å². The predicted octanol–water partition coefficient (Wildman–Crippen LogP) is 5.49. The number of piperazine rings is 1. The van der Waals surface area contributed by atoms with Crippen molar-refractivity contribution in [1.82, 2.24) is 33.9 Å². The highest BCUT2D eigenvalue weighted by Crippen LogP contribution is 2.39. The van der Waals surface area contributed by atoms with E-state index in [0.29, 0.717) is 23.8 Å². The summed E-state index contributed by atoms with van der Waals surface area (Å²) in [6.07, 6.45) is 8.48. The first-order valence-electron chi connectivity index (χ1n) is 14.9. The van der Waals surface area contributed by atoms with Gasteiger partial charge in [0, 0.05) is 62.8 Å². The second-order valence-corrected chi connectivity index (χ2v) is 12.0. The van der Waals surface area contributed by atoms with Crippen molar-refractivity contribution >= 4 is 39.5 Å². The molecule has 3 N–H and O–H groups in total. The Hall–Kier alpha value is -4.02. The van der Waals surface area contributed by atoms with Gasteiger partial charge in [0.1, 0.15) is 23.6 Å². The van der Waals surface area contributed by atoms with Crippen LogP contribution in [0.1, 0.15) is 37.3 Å². The number of nitrogens with two attached hydrogens (primary N) is 1. The molecule has 0 spiro atoms. The van der Waals surface area contributed by atoms with Gasteiger partial charge in [-0.05, 0) is 75.0 Å². The number of likely N-dealkylation sites (N-methyl/N-ethyl adjacent to an activating group) is 1. The first-order chi connectivity index (χ1) is 20.4. The zero-order chi connectivity index (χ0) is 29.0. The Morgan fingerprint density at radius 1 is 0.929 bits per heavy atom. The maximum absolute atomic E-state index is 14.0. The topological polar surface area (TPSA) is 93.1 Å². The molecule has 42 heavy (non-hydrogen) atoms. The van der Waals surface area contributed by atoms with Crippen molar-refractivity contribution in [2.75, 3.05) is 44.3 Å². The van der Waals surface area contributed by atoms with Gasteiger partial charge in [-0.3, -0.25) is 4.90 Å². The number of aryl methyl sites for hydroxylation is 2. The van der Waals surface area contributed by atoms with E-state index in [-0.39, 0.29) is 5.82 Å². The van der Waals surface area contributed by atoms with Crippen LogP contribution < -0.4 is 11.1 Å². The van der Waals surface area contributed by atoms with Crippen LogP contribution in [0.2, 0.25) is 0 Å². The summed E-state index contributed by atoms with van der Waals surface area (Å²) in [4.78, 5) is 18.9. The molecule has 4 heterocycles. The lowest BCUT2D eigenvalue weighted by atomic mass is 9.89. The molecule has 2 fully saturated rings. The molecule has 2 aliphatic rings. The normalized spacial score (nSPS) is 20.5. The largest absolute Gasteiger partial charge is 0.383 e. The van der Waals surface area contributed by atoms with E-state index in [1.165, 1.54) is 38.1 Å². The number of benzene rings is 2. The van der Waals surface area contributed by atoms with Crippen molar-refractivity contribution in [2.24, 2.45) is 7.05 Å². The Labute approximate surface area is 245 Å². The fourth-order valence-corrected chi connectivity index (χ4v) is 6.88. The molecule has 0 radical (unpaired) electrons. The number of nitrogens with zero attached hydrogens (tertiary/aromatic N) is 7. The minimum Gasteiger partial charge on any atom is -0.383 e. The Morgan fingerprint density at radius 3 is 2.38 bits per heavy atom. The molecule has 1 saturated heterocycles. The number of hydrogen-bond donors (Lipinski definition) is 2. The summed E-state index contributed by atoms with van der Waals surface area (Å²) in [6.45, 7) is 6.54. The van der Waals surface area contributed by atoms with Crippen LogP contribution in [0.15, 0.2) is 48.9 Å². The average Bonchev–Trinajstić information content (AvgIpc) is 3.53. The first kappa shape index (κ1) is 26.9. The molecular formula is C32H38FN9. The zero-order valence-corrected chi connectivity index (χ0v) is 24.5. The third kappa shape index (κ3) is 4.78. The van der Waals surface area contributed by atoms with E-state index in [9.17, 15) is 4.39 Å². The van der Waals surface area contributed by atoms with Crippen molar-refractivity contribution in [3.8, 4) is 11.1 Å². The van der Waals surface area contributed by atoms with Gasteiger partial charge in [-0.2, -0.15) is 0 Å². The van der Waals surface area contributed by atoms with Crippen LogP contribution in [-0.4, -0.2) is 73.2 Å². The highest BCUT2D eigenvalue weighted by Gasteiger charge is 2.30. The molecule has 3 aromatic heterocycles. The second kappa shape index (κ2) is 10.7. The monoisotopic (exact) mass is 567 g/mol. The molecule has 0 unspecified atom stereocenters. The van der Waals surface area contributed by atoms with Crippen LogP contribution in [0.25, 0.3) is 33.2 Å². The van der Waals surface area contributed by atoms with Gasteiger partial charge in [0.25, 0.3) is 0 Å². The number of anilines is 3. The van der Waals surface area contributed by atoms with Gasteiger partial charge in [-0.25, -0.2) is 19.3 Å². The van der Waals surface area contributed by atoms with Crippen molar-refractivity contribution in [3.63, 3.8) is 0 Å². The van der Waals surface area contributed by atoms with E-state index in [1.807, 2.05) is 30.7 Å². The van der Waals surface area contributed by atoms with Gasteiger partial charge in [0.15, 0.2) is 0 Å². The van der Waals surface area contributed by atoms with E-state index >= 15 is 0 Å². The fourth-order valence-electron chi connectivity index (χ4n) is 6.88. The first-order valence-corrected chi connectivity index (χ1v) is 14.9. The fraction of sp³-hybridized carbons (Fsp3) is 0.406. The SMILES string of the molecule is Cc1cc(F)cc2c1nc(Nc1ccc(-c3cn([C@H]4CC[C@H](N5CCN(C)CC5)CC4)c4ncnc(N)c34)cc1)n2C. The van der Waals surface area contributed by atoms with E-state index < -0.39 is 0 Å². The Balaban J connectivity index is 1.13. The van der Waals surface area contributed by atoms with Crippen LogP contribution in [0, 0.1) is 12.7 Å². The van der Waals surface area contributed by atoms with Crippen LogP contribution >= 0.6 is 0 Å². The summed E-state index contributed by atoms with van der Waals surface area (Å²) in [6, 6.07) is 12.3. The maximum Gasteiger partial charge on any atom is 0.208 e. The van der Waals surface area contributed by atoms with Gasteiger partial charge in [-0.1, -0.05) is 12.1 Å². The molecule has 7 rings (SSSR count). The van der Waals surface area contributed by atoms with E-state index in [0.717, 1.165) is 70.4 Å². The minimum atomic E-state index is -0.260. The molecule has 9 nitrogen and oxygen atoms in total. The second-order valence-electron chi connectivity index (χ2n) is 12.0. The van der Waals surface area contributed by atoms with E-state index in [4.69, 9.17) is 15.7 Å². The zero-order valence-electron chi connectivity index (χ0n) is 24.5.